The third-order valence-electron chi connectivity index (χ3n) is 6.46. The van der Waals surface area contributed by atoms with Gasteiger partial charge in [-0.05, 0) is 56.8 Å². The lowest BCUT2D eigenvalue weighted by Gasteiger charge is -2.37. The maximum Gasteiger partial charge on any atom is 0.271 e. The van der Waals surface area contributed by atoms with E-state index in [2.05, 4.69) is 20.4 Å². The van der Waals surface area contributed by atoms with Gasteiger partial charge in [0.15, 0.2) is 5.69 Å². The van der Waals surface area contributed by atoms with Crippen molar-refractivity contribution in [1.29, 1.82) is 0 Å². The van der Waals surface area contributed by atoms with Gasteiger partial charge < -0.3 is 20.9 Å². The molecule has 0 spiro atoms. The number of aromatic nitrogens is 2. The summed E-state index contributed by atoms with van der Waals surface area (Å²) in [6, 6.07) is 11.9. The van der Waals surface area contributed by atoms with E-state index in [0.29, 0.717) is 18.8 Å². The van der Waals surface area contributed by atoms with E-state index in [0.717, 1.165) is 30.8 Å². The van der Waals surface area contributed by atoms with Crippen molar-refractivity contribution in [2.45, 2.75) is 19.3 Å². The number of amides is 2. The molecule has 0 aliphatic carbocycles. The van der Waals surface area contributed by atoms with Crippen LogP contribution in [0.15, 0.2) is 48.5 Å². The zero-order valence-corrected chi connectivity index (χ0v) is 20.4. The number of benzene rings is 2. The molecule has 0 atom stereocenters. The highest BCUT2D eigenvalue weighted by atomic mass is 19.1. The largest absolute Gasteiger partial charge is 0.364 e. The van der Waals surface area contributed by atoms with Crippen molar-refractivity contribution >= 4 is 23.2 Å². The van der Waals surface area contributed by atoms with E-state index < -0.39 is 23.0 Å². The Kier molecular flexibility index (Phi) is 6.98. The van der Waals surface area contributed by atoms with Crippen molar-refractivity contribution in [3.05, 3.63) is 71.4 Å². The molecule has 10 heteroatoms. The van der Waals surface area contributed by atoms with Crippen LogP contribution in [0.3, 0.4) is 0 Å². The first-order chi connectivity index (χ1) is 17.1. The van der Waals surface area contributed by atoms with Crippen LogP contribution in [0.5, 0.6) is 0 Å². The van der Waals surface area contributed by atoms with E-state index in [1.165, 1.54) is 12.1 Å². The molecule has 0 saturated carbocycles. The molecule has 0 bridgehead atoms. The Morgan fingerprint density at radius 2 is 1.58 bits per heavy atom. The van der Waals surface area contributed by atoms with E-state index in [1.807, 2.05) is 37.9 Å². The summed E-state index contributed by atoms with van der Waals surface area (Å²) >= 11 is 0. The van der Waals surface area contributed by atoms with Crippen LogP contribution in [0.4, 0.5) is 20.2 Å². The molecule has 1 saturated heterocycles. The van der Waals surface area contributed by atoms with Gasteiger partial charge in [-0.25, -0.2) is 8.78 Å². The first-order valence-corrected chi connectivity index (χ1v) is 11.6. The van der Waals surface area contributed by atoms with Crippen molar-refractivity contribution in [1.82, 2.24) is 20.0 Å². The Hall–Kier alpha value is -3.92. The number of hydrogen-bond donors (Lipinski definition) is 2. The molecule has 1 aliphatic heterocycles. The Bertz CT molecular complexity index is 1270. The maximum atomic E-state index is 14.3. The maximum absolute atomic E-state index is 14.3. The van der Waals surface area contributed by atoms with Crippen molar-refractivity contribution in [2.75, 3.05) is 38.5 Å². The zero-order valence-electron chi connectivity index (χ0n) is 20.4. The van der Waals surface area contributed by atoms with E-state index in [-0.39, 0.29) is 28.5 Å². The van der Waals surface area contributed by atoms with Crippen LogP contribution in [0.1, 0.15) is 29.9 Å². The molecule has 4 rings (SSSR count). The summed E-state index contributed by atoms with van der Waals surface area (Å²) < 4.78 is 28.6. The number of hydrogen-bond acceptors (Lipinski definition) is 6. The van der Waals surface area contributed by atoms with E-state index in [4.69, 9.17) is 5.73 Å². The van der Waals surface area contributed by atoms with E-state index >= 15 is 0 Å². The van der Waals surface area contributed by atoms with Gasteiger partial charge in [-0.3, -0.25) is 9.59 Å². The number of nitrogens with zero attached hydrogens (tertiary/aromatic N) is 4. The van der Waals surface area contributed by atoms with Crippen molar-refractivity contribution < 1.29 is 18.4 Å². The average Bonchev–Trinajstić information content (AvgIpc) is 2.84. The van der Waals surface area contributed by atoms with E-state index in [9.17, 15) is 18.4 Å². The number of carbonyl (C=O) groups excluding carboxylic acids is 2. The topological polar surface area (TPSA) is 104 Å². The molecule has 2 aromatic carbocycles. The van der Waals surface area contributed by atoms with Gasteiger partial charge in [0.25, 0.3) is 5.91 Å². The second kappa shape index (κ2) is 9.98. The standard InChI is InChI=1S/C26H28F2N6O2/c1-26(2,25(36)34-13-11-33(3)12-14-34)16-7-9-17(10-8-16)30-21-15-20(31-32-23(21)24(29)35)22-18(27)5-4-6-19(22)28/h4-10,15H,11-14H2,1-3H3,(H2,29,35)(H,30,31). The highest BCUT2D eigenvalue weighted by Crippen LogP contribution is 2.31. The normalized spacial score (nSPS) is 14.5. The molecule has 0 radical (unpaired) electrons. The molecule has 0 unspecified atom stereocenters. The summed E-state index contributed by atoms with van der Waals surface area (Å²) in [7, 11) is 2.04. The minimum Gasteiger partial charge on any atom is -0.364 e. The molecule has 1 fully saturated rings. The van der Waals surface area contributed by atoms with Gasteiger partial charge in [0.2, 0.25) is 5.91 Å². The van der Waals surface area contributed by atoms with Gasteiger partial charge in [-0.1, -0.05) is 18.2 Å². The number of nitrogens with one attached hydrogen (secondary N) is 1. The van der Waals surface area contributed by atoms with Crippen molar-refractivity contribution in [3.63, 3.8) is 0 Å². The second-order valence-corrected chi connectivity index (χ2v) is 9.38. The molecule has 8 nitrogen and oxygen atoms in total. The molecule has 188 valence electrons. The molecule has 36 heavy (non-hydrogen) atoms. The molecular weight excluding hydrogens is 466 g/mol. The summed E-state index contributed by atoms with van der Waals surface area (Å²) in [6.45, 7) is 6.84. The lowest BCUT2D eigenvalue weighted by molar-refractivity contribution is -0.137. The van der Waals surface area contributed by atoms with Gasteiger partial charge in [0.05, 0.1) is 16.7 Å². The lowest BCUT2D eigenvalue weighted by Crippen LogP contribution is -2.52. The third kappa shape index (κ3) is 5.03. The van der Waals surface area contributed by atoms with E-state index in [1.54, 1.807) is 12.1 Å². The van der Waals surface area contributed by atoms with Crippen LogP contribution in [0, 0.1) is 11.6 Å². The predicted molar refractivity (Wildman–Crippen MR) is 133 cm³/mol. The Labute approximate surface area is 208 Å². The van der Waals surface area contributed by atoms with Gasteiger partial charge >= 0.3 is 0 Å². The summed E-state index contributed by atoms with van der Waals surface area (Å²) in [5.74, 6) is -2.40. The summed E-state index contributed by atoms with van der Waals surface area (Å²) in [6.07, 6.45) is 0. The highest BCUT2D eigenvalue weighted by Gasteiger charge is 2.34. The second-order valence-electron chi connectivity index (χ2n) is 9.38. The number of piperazine rings is 1. The minimum absolute atomic E-state index is 0.0576. The van der Waals surface area contributed by atoms with Gasteiger partial charge in [0.1, 0.15) is 17.3 Å². The van der Waals surface area contributed by atoms with Crippen LogP contribution < -0.4 is 11.1 Å². The molecule has 3 N–H and O–H groups in total. The fourth-order valence-corrected chi connectivity index (χ4v) is 4.19. The van der Waals surface area contributed by atoms with Crippen LogP contribution in [-0.2, 0) is 10.2 Å². The lowest BCUT2D eigenvalue weighted by atomic mass is 9.83. The SMILES string of the molecule is CN1CCN(C(=O)C(C)(C)c2ccc(Nc3cc(-c4c(F)cccc4F)nnc3C(N)=O)cc2)CC1. The van der Waals surface area contributed by atoms with Crippen molar-refractivity contribution in [2.24, 2.45) is 5.73 Å². The number of anilines is 2. The smallest absolute Gasteiger partial charge is 0.271 e. The van der Waals surface area contributed by atoms with Gasteiger partial charge in [-0.15, -0.1) is 10.2 Å². The van der Waals surface area contributed by atoms with Crippen LogP contribution in [-0.4, -0.2) is 65.0 Å². The first-order valence-electron chi connectivity index (χ1n) is 11.6. The van der Waals surface area contributed by atoms with Crippen molar-refractivity contribution in [3.8, 4) is 11.3 Å². The number of carbonyl (C=O) groups is 2. The Morgan fingerprint density at radius 1 is 0.972 bits per heavy atom. The first kappa shape index (κ1) is 25.2. The molecule has 1 aliphatic rings. The van der Waals surface area contributed by atoms with Crippen LogP contribution in [0.2, 0.25) is 0 Å². The minimum atomic E-state index is -0.846. The Morgan fingerprint density at radius 3 is 2.17 bits per heavy atom. The number of primary amides is 1. The fourth-order valence-electron chi connectivity index (χ4n) is 4.19. The monoisotopic (exact) mass is 494 g/mol. The fraction of sp³-hybridized carbons (Fsp3) is 0.308. The molecule has 2 amide bonds. The van der Waals surface area contributed by atoms with Crippen LogP contribution >= 0.6 is 0 Å². The number of rotatable bonds is 6. The molecule has 1 aromatic heterocycles. The number of nitrogens with two attached hydrogens (primary N) is 1. The number of likely N-dealkylation sites (N-methyl/N-ethyl adjacent to an activating group) is 1. The zero-order chi connectivity index (χ0) is 26.0. The van der Waals surface area contributed by atoms with Gasteiger partial charge in [0, 0.05) is 31.9 Å². The third-order valence-corrected chi connectivity index (χ3v) is 6.46. The summed E-state index contributed by atoms with van der Waals surface area (Å²) in [4.78, 5) is 29.2. The molecular formula is C26H28F2N6O2. The molecule has 2 heterocycles. The van der Waals surface area contributed by atoms with Crippen LogP contribution in [0.25, 0.3) is 11.3 Å². The Balaban J connectivity index is 1.59. The quantitative estimate of drug-likeness (QED) is 0.545. The van der Waals surface area contributed by atoms with Gasteiger partial charge in [-0.2, -0.15) is 0 Å². The number of halogens is 2. The summed E-state index contributed by atoms with van der Waals surface area (Å²) in [5.41, 5.74) is 5.62. The predicted octanol–water partition coefficient (Wildman–Crippen LogP) is 3.32. The highest BCUT2D eigenvalue weighted by molar-refractivity contribution is 5.97. The molecule has 3 aromatic rings. The summed E-state index contributed by atoms with van der Waals surface area (Å²) in [5, 5.41) is 10.6. The average molecular weight is 495 g/mol.